The van der Waals surface area contributed by atoms with Crippen LogP contribution in [0.1, 0.15) is 38.5 Å². The first-order chi connectivity index (χ1) is 18.8. The van der Waals surface area contributed by atoms with Crippen LogP contribution in [0.2, 0.25) is 0 Å². The zero-order chi connectivity index (χ0) is 30.0. The number of aliphatic hydroxyl groups excluding tert-OH is 2. The molecule has 3 rings (SSSR count). The molecule has 0 amide bonds. The first-order valence-corrected chi connectivity index (χ1v) is 17.5. The first kappa shape index (κ1) is 41.2. The second-order valence-electron chi connectivity index (χ2n) is 10.7. The zero-order valence-electron chi connectivity index (χ0n) is 24.1. The summed E-state index contributed by atoms with van der Waals surface area (Å²) in [4.78, 5) is 8.64. The summed E-state index contributed by atoms with van der Waals surface area (Å²) in [6.45, 7) is 10.1. The molecule has 3 fully saturated rings. The SMILES string of the molecule is NC1CCCCC1N.O=S(=O)([O-])CCCN1CCN(CCO)CC1.O=S(=O)([O-])CCCN1CCN(CCO)CC1.[Pt+4]. The van der Waals surface area contributed by atoms with Gasteiger partial charge in [0.05, 0.1) is 33.5 Å². The maximum absolute atomic E-state index is 10.4. The van der Waals surface area contributed by atoms with E-state index in [0.717, 1.165) is 65.2 Å². The fourth-order valence-electron chi connectivity index (χ4n) is 4.87. The van der Waals surface area contributed by atoms with Crippen molar-refractivity contribution in [3.8, 4) is 0 Å². The summed E-state index contributed by atoms with van der Waals surface area (Å²) in [6.07, 6.45) is 5.61. The van der Waals surface area contributed by atoms with E-state index in [1.807, 2.05) is 0 Å². The molecule has 0 spiro atoms. The van der Waals surface area contributed by atoms with Gasteiger partial charge in [0.25, 0.3) is 0 Å². The number of β-amino-alcohol motifs (C(OH)–C–C–N with tert-alkyl or cyclic N) is 2. The van der Waals surface area contributed by atoms with Gasteiger partial charge in [-0.05, 0) is 38.8 Å². The Balaban J connectivity index is 0.000000609. The van der Waals surface area contributed by atoms with Crippen LogP contribution >= 0.6 is 0 Å². The van der Waals surface area contributed by atoms with Gasteiger partial charge in [0.1, 0.15) is 0 Å². The Hall–Kier alpha value is 0.188. The average molecular weight is 812 g/mol. The van der Waals surface area contributed by atoms with Crippen LogP contribution < -0.4 is 11.5 Å². The fourth-order valence-corrected chi connectivity index (χ4v) is 5.84. The van der Waals surface area contributed by atoms with E-state index >= 15 is 0 Å². The minimum atomic E-state index is -4.06. The molecule has 246 valence electrons. The minimum Gasteiger partial charge on any atom is -0.748 e. The third-order valence-electron chi connectivity index (χ3n) is 7.37. The molecule has 3 aliphatic rings. The van der Waals surface area contributed by atoms with Crippen molar-refractivity contribution in [3.05, 3.63) is 0 Å². The third kappa shape index (κ3) is 22.4. The number of hydrogen-bond donors (Lipinski definition) is 4. The van der Waals surface area contributed by atoms with E-state index in [1.165, 1.54) is 12.8 Å². The van der Waals surface area contributed by atoms with Crippen molar-refractivity contribution in [2.45, 2.75) is 50.6 Å². The van der Waals surface area contributed by atoms with Gasteiger partial charge < -0.3 is 40.6 Å². The van der Waals surface area contributed by atoms with Crippen molar-refractivity contribution in [3.63, 3.8) is 0 Å². The molecule has 41 heavy (non-hydrogen) atoms. The van der Waals surface area contributed by atoms with Gasteiger partial charge in [-0.1, -0.05) is 12.8 Å². The van der Waals surface area contributed by atoms with Crippen LogP contribution in [-0.4, -0.2) is 171 Å². The summed E-state index contributed by atoms with van der Waals surface area (Å²) < 4.78 is 62.4. The molecule has 2 unspecified atom stereocenters. The molecule has 0 aromatic rings. The van der Waals surface area contributed by atoms with Gasteiger partial charge in [-0.3, -0.25) is 9.80 Å². The predicted octanol–water partition coefficient (Wildman–Crippen LogP) is -2.72. The van der Waals surface area contributed by atoms with Gasteiger partial charge in [0, 0.05) is 89.0 Å². The van der Waals surface area contributed by atoms with Crippen LogP contribution in [-0.2, 0) is 41.3 Å². The Bertz CT molecular complexity index is 788. The quantitative estimate of drug-likeness (QED) is 0.147. The van der Waals surface area contributed by atoms with Crippen LogP contribution in [0.25, 0.3) is 0 Å². The molecule has 2 atom stereocenters. The second-order valence-corrected chi connectivity index (χ2v) is 13.7. The standard InChI is InChI=1S/2C9H20N2O4S.C6H14N2.Pt/c2*12-8-7-11-5-3-10(4-6-11)2-1-9-16(13,14)15;7-5-3-1-2-4-6(5)8;/h2*12H,1-9H2,(H,13,14,15);5-6H,1-4,7-8H2;/q;;;+4/p-2. The van der Waals surface area contributed by atoms with Crippen molar-refractivity contribution in [2.24, 2.45) is 11.5 Å². The van der Waals surface area contributed by atoms with Crippen molar-refractivity contribution < 1.29 is 57.2 Å². The third-order valence-corrected chi connectivity index (χ3v) is 8.95. The maximum atomic E-state index is 10.4. The molecule has 14 nitrogen and oxygen atoms in total. The molecule has 2 heterocycles. The summed E-state index contributed by atoms with van der Waals surface area (Å²) in [7, 11) is -8.13. The molecule has 17 heteroatoms. The first-order valence-electron chi connectivity index (χ1n) is 14.3. The van der Waals surface area contributed by atoms with Gasteiger partial charge in [0.15, 0.2) is 0 Å². The number of piperazine rings is 2. The molecule has 0 aromatic heterocycles. The number of nitrogens with zero attached hydrogens (tertiary/aromatic N) is 4. The number of hydrogen-bond acceptors (Lipinski definition) is 14. The van der Waals surface area contributed by atoms with Crippen molar-refractivity contribution in [1.29, 1.82) is 0 Å². The van der Waals surface area contributed by atoms with Crippen LogP contribution in [0.3, 0.4) is 0 Å². The Morgan fingerprint density at radius 3 is 1.07 bits per heavy atom. The van der Waals surface area contributed by atoms with Crippen LogP contribution in [0.4, 0.5) is 0 Å². The van der Waals surface area contributed by atoms with Crippen molar-refractivity contribution in [1.82, 2.24) is 19.6 Å². The van der Waals surface area contributed by atoms with Crippen LogP contribution in [0, 0.1) is 0 Å². The number of rotatable bonds is 12. The Morgan fingerprint density at radius 1 is 0.585 bits per heavy atom. The van der Waals surface area contributed by atoms with Gasteiger partial charge in [-0.25, -0.2) is 16.8 Å². The number of nitrogens with two attached hydrogens (primary N) is 2. The van der Waals surface area contributed by atoms with Crippen LogP contribution in [0.15, 0.2) is 0 Å². The zero-order valence-corrected chi connectivity index (χ0v) is 28.0. The fraction of sp³-hybridized carbons (Fsp3) is 1.00. The molecule has 2 saturated heterocycles. The maximum Gasteiger partial charge on any atom is 4.00 e. The van der Waals surface area contributed by atoms with E-state index in [-0.39, 0.29) is 57.9 Å². The largest absolute Gasteiger partial charge is 4.00 e. The van der Waals surface area contributed by atoms with Crippen molar-refractivity contribution >= 4 is 20.2 Å². The van der Waals surface area contributed by atoms with E-state index in [0.29, 0.717) is 39.0 Å². The minimum absolute atomic E-state index is 0. The summed E-state index contributed by atoms with van der Waals surface area (Å²) in [5, 5.41) is 17.5. The molecule has 2 aliphatic heterocycles. The Labute approximate surface area is 261 Å². The molecule has 1 saturated carbocycles. The molecular weight excluding hydrogens is 760 g/mol. The molecule has 0 radical (unpaired) electrons. The molecular formula is C24H52N6O8PtS2+2. The Kier molecular flexibility index (Phi) is 22.8. The smallest absolute Gasteiger partial charge is 0.748 e. The van der Waals surface area contributed by atoms with Crippen molar-refractivity contribution in [2.75, 3.05) is 103 Å². The summed E-state index contributed by atoms with van der Waals surface area (Å²) in [5.41, 5.74) is 11.3. The monoisotopic (exact) mass is 811 g/mol. The molecule has 1 aliphatic carbocycles. The van der Waals surface area contributed by atoms with E-state index in [2.05, 4.69) is 19.6 Å². The van der Waals surface area contributed by atoms with Gasteiger partial charge >= 0.3 is 21.1 Å². The van der Waals surface area contributed by atoms with Gasteiger partial charge in [-0.2, -0.15) is 0 Å². The normalized spacial score (nSPS) is 23.5. The predicted molar refractivity (Wildman–Crippen MR) is 153 cm³/mol. The van der Waals surface area contributed by atoms with Crippen LogP contribution in [0.5, 0.6) is 0 Å². The molecule has 0 aromatic carbocycles. The Morgan fingerprint density at radius 2 is 0.854 bits per heavy atom. The van der Waals surface area contributed by atoms with Gasteiger partial charge in [-0.15, -0.1) is 0 Å². The van der Waals surface area contributed by atoms with E-state index in [9.17, 15) is 25.9 Å². The average Bonchev–Trinajstić information content (AvgIpc) is 2.88. The summed E-state index contributed by atoms with van der Waals surface area (Å²) in [5.74, 6) is -0.548. The van der Waals surface area contributed by atoms with E-state index in [1.54, 1.807) is 0 Å². The van der Waals surface area contributed by atoms with Gasteiger partial charge in [0.2, 0.25) is 0 Å². The summed E-state index contributed by atoms with van der Waals surface area (Å²) >= 11 is 0. The van der Waals surface area contributed by atoms with E-state index < -0.39 is 20.2 Å². The molecule has 0 bridgehead atoms. The summed E-state index contributed by atoms with van der Waals surface area (Å²) in [6, 6.07) is 0.562. The van der Waals surface area contributed by atoms with E-state index in [4.69, 9.17) is 21.7 Å². The topological polar surface area (TPSA) is 220 Å². The number of aliphatic hydroxyl groups is 2. The molecule has 6 N–H and O–H groups in total. The second kappa shape index (κ2) is 22.7.